The largest absolute Gasteiger partial charge is 0.401 e. The third kappa shape index (κ3) is 3.47. The summed E-state index contributed by atoms with van der Waals surface area (Å²) in [5.41, 5.74) is 6.26. The molecule has 0 aliphatic heterocycles. The lowest BCUT2D eigenvalue weighted by atomic mass is 10.2. The van der Waals surface area contributed by atoms with Crippen molar-refractivity contribution >= 4 is 11.6 Å². The van der Waals surface area contributed by atoms with Crippen molar-refractivity contribution in [1.82, 2.24) is 10.6 Å². The van der Waals surface area contributed by atoms with Crippen LogP contribution in [0.5, 0.6) is 0 Å². The summed E-state index contributed by atoms with van der Waals surface area (Å²) >= 11 is 0. The van der Waals surface area contributed by atoms with Gasteiger partial charge in [0.2, 0.25) is 0 Å². The van der Waals surface area contributed by atoms with Crippen molar-refractivity contribution in [3.05, 3.63) is 11.4 Å². The van der Waals surface area contributed by atoms with Crippen molar-refractivity contribution in [1.29, 1.82) is 5.41 Å². The summed E-state index contributed by atoms with van der Waals surface area (Å²) < 4.78 is 0. The van der Waals surface area contributed by atoms with Crippen LogP contribution < -0.4 is 16.4 Å². The normalized spacial score (nSPS) is 12.1. The van der Waals surface area contributed by atoms with E-state index < -0.39 is 5.91 Å². The lowest BCUT2D eigenvalue weighted by Gasteiger charge is -2.15. The number of amides is 1. The molecule has 0 saturated carbocycles. The molecule has 0 heterocycles. The zero-order valence-electron chi connectivity index (χ0n) is 9.06. The van der Waals surface area contributed by atoms with Gasteiger partial charge >= 0.3 is 0 Å². The second-order valence-electron chi connectivity index (χ2n) is 3.31. The van der Waals surface area contributed by atoms with Crippen molar-refractivity contribution in [3.63, 3.8) is 0 Å². The van der Waals surface area contributed by atoms with E-state index in [0.717, 1.165) is 0 Å². The first-order valence-corrected chi connectivity index (χ1v) is 4.44. The first kappa shape index (κ1) is 12.5. The molecular formula is C9H18N4O. The lowest BCUT2D eigenvalue weighted by Crippen LogP contribution is -2.37. The van der Waals surface area contributed by atoms with Gasteiger partial charge in [-0.2, -0.15) is 0 Å². The van der Waals surface area contributed by atoms with Crippen LogP contribution in [0.15, 0.2) is 11.4 Å². The van der Waals surface area contributed by atoms with Gasteiger partial charge in [0.25, 0.3) is 5.91 Å². The molecule has 0 rings (SSSR count). The van der Waals surface area contributed by atoms with E-state index in [4.69, 9.17) is 11.1 Å². The average Bonchev–Trinajstić information content (AvgIpc) is 2.11. The number of allylic oxidation sites excluding steroid dienone is 1. The third-order valence-electron chi connectivity index (χ3n) is 1.53. The van der Waals surface area contributed by atoms with Gasteiger partial charge in [0.15, 0.2) is 0 Å². The molecule has 14 heavy (non-hydrogen) atoms. The van der Waals surface area contributed by atoms with Crippen LogP contribution in [0.25, 0.3) is 0 Å². The number of nitrogens with two attached hydrogens (primary N) is 1. The highest BCUT2D eigenvalue weighted by molar-refractivity contribution is 6.43. The second kappa shape index (κ2) is 5.26. The Balaban J connectivity index is 4.79. The molecule has 5 nitrogen and oxygen atoms in total. The summed E-state index contributed by atoms with van der Waals surface area (Å²) in [7, 11) is 1.48. The van der Waals surface area contributed by atoms with Crippen LogP contribution in [-0.2, 0) is 4.79 Å². The van der Waals surface area contributed by atoms with Crippen LogP contribution in [-0.4, -0.2) is 24.7 Å². The number of nitrogens with one attached hydrogen (secondary N) is 3. The van der Waals surface area contributed by atoms with Crippen molar-refractivity contribution in [2.24, 2.45) is 5.73 Å². The maximum absolute atomic E-state index is 11.2. The highest BCUT2D eigenvalue weighted by atomic mass is 16.1. The molecule has 0 radical (unpaired) electrons. The highest BCUT2D eigenvalue weighted by Crippen LogP contribution is 1.99. The fourth-order valence-electron chi connectivity index (χ4n) is 0.910. The molecule has 0 aromatic rings. The Bertz CT molecular complexity index is 264. The molecule has 0 atom stereocenters. The van der Waals surface area contributed by atoms with E-state index in [1.807, 2.05) is 13.8 Å². The maximum atomic E-state index is 11.2. The van der Waals surface area contributed by atoms with Gasteiger partial charge in [-0.15, -0.1) is 0 Å². The Morgan fingerprint density at radius 2 is 1.93 bits per heavy atom. The number of carbonyl (C=O) groups excluding carboxylic acids is 1. The highest BCUT2D eigenvalue weighted by Gasteiger charge is 2.15. The minimum absolute atomic E-state index is 0.133. The van der Waals surface area contributed by atoms with E-state index in [2.05, 4.69) is 10.6 Å². The van der Waals surface area contributed by atoms with Crippen molar-refractivity contribution < 1.29 is 4.79 Å². The van der Waals surface area contributed by atoms with E-state index in [1.165, 1.54) is 7.05 Å². The lowest BCUT2D eigenvalue weighted by molar-refractivity contribution is -0.114. The first-order chi connectivity index (χ1) is 6.40. The molecule has 0 spiro atoms. The van der Waals surface area contributed by atoms with Crippen molar-refractivity contribution in [3.8, 4) is 0 Å². The van der Waals surface area contributed by atoms with Gasteiger partial charge in [-0.1, -0.05) is 0 Å². The van der Waals surface area contributed by atoms with Crippen LogP contribution in [0.4, 0.5) is 0 Å². The molecule has 0 aromatic heterocycles. The molecule has 0 saturated heterocycles. The predicted molar refractivity (Wildman–Crippen MR) is 57.0 cm³/mol. The quantitative estimate of drug-likeness (QED) is 0.477. The zero-order valence-corrected chi connectivity index (χ0v) is 9.06. The SMILES string of the molecule is CNC(=O)C(=N)/C(NC(C)C)=C(/C)N. The molecule has 80 valence electrons. The van der Waals surface area contributed by atoms with Gasteiger partial charge in [-0.05, 0) is 20.8 Å². The number of carbonyl (C=O) groups is 1. The first-order valence-electron chi connectivity index (χ1n) is 4.44. The Hall–Kier alpha value is -1.52. The molecule has 5 N–H and O–H groups in total. The molecule has 5 heteroatoms. The summed E-state index contributed by atoms with van der Waals surface area (Å²) in [5, 5.41) is 12.9. The Morgan fingerprint density at radius 1 is 1.43 bits per heavy atom. The summed E-state index contributed by atoms with van der Waals surface area (Å²) in [6, 6.07) is 0.133. The predicted octanol–water partition coefficient (Wildman–Crippen LogP) is -0.0596. The molecule has 0 unspecified atom stereocenters. The van der Waals surface area contributed by atoms with E-state index in [9.17, 15) is 4.79 Å². The molecule has 1 amide bonds. The van der Waals surface area contributed by atoms with E-state index in [0.29, 0.717) is 11.4 Å². The molecule has 0 aliphatic rings. The van der Waals surface area contributed by atoms with Gasteiger partial charge in [0.05, 0.1) is 5.70 Å². The van der Waals surface area contributed by atoms with Crippen LogP contribution in [0.1, 0.15) is 20.8 Å². The number of hydrogen-bond acceptors (Lipinski definition) is 4. The van der Waals surface area contributed by atoms with E-state index in [-0.39, 0.29) is 11.8 Å². The molecule has 0 aliphatic carbocycles. The minimum Gasteiger partial charge on any atom is -0.401 e. The van der Waals surface area contributed by atoms with Gasteiger partial charge in [0.1, 0.15) is 5.71 Å². The Kier molecular flexibility index (Phi) is 4.69. The topological polar surface area (TPSA) is 91.0 Å². The average molecular weight is 198 g/mol. The van der Waals surface area contributed by atoms with Crippen molar-refractivity contribution in [2.45, 2.75) is 26.8 Å². The fourth-order valence-corrected chi connectivity index (χ4v) is 0.910. The van der Waals surface area contributed by atoms with E-state index >= 15 is 0 Å². The van der Waals surface area contributed by atoms with Crippen LogP contribution >= 0.6 is 0 Å². The summed E-state index contributed by atoms with van der Waals surface area (Å²) in [4.78, 5) is 11.2. The molecule has 0 aromatic carbocycles. The van der Waals surface area contributed by atoms with Crippen molar-refractivity contribution in [2.75, 3.05) is 7.05 Å². The fraction of sp³-hybridized carbons (Fsp3) is 0.556. The van der Waals surface area contributed by atoms with Gasteiger partial charge in [0, 0.05) is 18.8 Å². The minimum atomic E-state index is -0.446. The zero-order chi connectivity index (χ0) is 11.3. The molecular weight excluding hydrogens is 180 g/mol. The van der Waals surface area contributed by atoms with Crippen LogP contribution in [0.3, 0.4) is 0 Å². The maximum Gasteiger partial charge on any atom is 0.271 e. The smallest absolute Gasteiger partial charge is 0.271 e. The number of rotatable bonds is 4. The van der Waals surface area contributed by atoms with Gasteiger partial charge in [-0.25, -0.2) is 0 Å². The van der Waals surface area contributed by atoms with Crippen LogP contribution in [0.2, 0.25) is 0 Å². The third-order valence-corrected chi connectivity index (χ3v) is 1.53. The van der Waals surface area contributed by atoms with Gasteiger partial charge < -0.3 is 16.4 Å². The van der Waals surface area contributed by atoms with E-state index in [1.54, 1.807) is 6.92 Å². The van der Waals surface area contributed by atoms with Crippen LogP contribution in [0, 0.1) is 5.41 Å². The monoisotopic (exact) mass is 198 g/mol. The summed E-state index contributed by atoms with van der Waals surface area (Å²) in [6.45, 7) is 5.49. The van der Waals surface area contributed by atoms with Gasteiger partial charge in [-0.3, -0.25) is 10.2 Å². The Labute approximate surface area is 84.3 Å². The molecule has 0 bridgehead atoms. The summed E-state index contributed by atoms with van der Waals surface area (Å²) in [6.07, 6.45) is 0. The molecule has 0 fully saturated rings. The number of hydrogen-bond donors (Lipinski definition) is 4. The Morgan fingerprint density at radius 3 is 2.21 bits per heavy atom. The second-order valence-corrected chi connectivity index (χ2v) is 3.31. The standard InChI is InChI=1S/C9H18N4O/c1-5(2)13-8(6(3)10)7(11)9(14)12-4/h5,11,13H,10H2,1-4H3,(H,12,14)/b8-6+,11-7?. The summed E-state index contributed by atoms with van der Waals surface area (Å²) in [5.74, 6) is -0.446.